The molecular formula is C22H27N3O4. The van der Waals surface area contributed by atoms with Crippen molar-refractivity contribution >= 4 is 17.6 Å². The van der Waals surface area contributed by atoms with Crippen LogP contribution in [0.5, 0.6) is 11.5 Å². The molecule has 0 radical (unpaired) electrons. The van der Waals surface area contributed by atoms with E-state index in [0.717, 1.165) is 23.3 Å². The summed E-state index contributed by atoms with van der Waals surface area (Å²) in [5.41, 5.74) is 2.66. The molecule has 0 aliphatic carbocycles. The summed E-state index contributed by atoms with van der Waals surface area (Å²) in [6.07, 6.45) is 0.170. The van der Waals surface area contributed by atoms with Crippen molar-refractivity contribution in [3.05, 3.63) is 53.6 Å². The van der Waals surface area contributed by atoms with E-state index in [2.05, 4.69) is 10.6 Å². The number of amides is 3. The molecule has 7 heteroatoms. The van der Waals surface area contributed by atoms with Gasteiger partial charge in [0.05, 0.1) is 7.11 Å². The highest BCUT2D eigenvalue weighted by Gasteiger charge is 2.27. The van der Waals surface area contributed by atoms with Gasteiger partial charge in [-0.3, -0.25) is 4.79 Å². The number of rotatable bonds is 6. The van der Waals surface area contributed by atoms with Crippen LogP contribution in [0.1, 0.15) is 25.0 Å². The van der Waals surface area contributed by atoms with E-state index in [4.69, 9.17) is 9.47 Å². The van der Waals surface area contributed by atoms with Crippen molar-refractivity contribution in [3.8, 4) is 11.5 Å². The second-order valence-corrected chi connectivity index (χ2v) is 6.92. The van der Waals surface area contributed by atoms with Gasteiger partial charge in [-0.1, -0.05) is 12.1 Å². The van der Waals surface area contributed by atoms with Gasteiger partial charge in [-0.05, 0) is 56.2 Å². The second kappa shape index (κ2) is 9.32. The van der Waals surface area contributed by atoms with Crippen molar-refractivity contribution in [3.63, 3.8) is 0 Å². The summed E-state index contributed by atoms with van der Waals surface area (Å²) < 4.78 is 11.0. The number of nitrogens with one attached hydrogen (secondary N) is 2. The first-order valence-electron chi connectivity index (χ1n) is 9.76. The zero-order valence-corrected chi connectivity index (χ0v) is 17.0. The Labute approximate surface area is 171 Å². The summed E-state index contributed by atoms with van der Waals surface area (Å²) in [6, 6.07) is 13.0. The van der Waals surface area contributed by atoms with E-state index < -0.39 is 6.10 Å². The first-order valence-corrected chi connectivity index (χ1v) is 9.76. The molecule has 1 atom stereocenters. The van der Waals surface area contributed by atoms with Gasteiger partial charge in [-0.15, -0.1) is 0 Å². The van der Waals surface area contributed by atoms with Gasteiger partial charge in [0.15, 0.2) is 6.10 Å². The monoisotopic (exact) mass is 397 g/mol. The molecule has 2 aromatic carbocycles. The van der Waals surface area contributed by atoms with Crippen LogP contribution in [-0.2, 0) is 17.8 Å². The fourth-order valence-electron chi connectivity index (χ4n) is 3.26. The summed E-state index contributed by atoms with van der Waals surface area (Å²) >= 11 is 0. The Morgan fingerprint density at radius 1 is 1.24 bits per heavy atom. The minimum Gasteiger partial charge on any atom is -0.497 e. The van der Waals surface area contributed by atoms with Gasteiger partial charge in [-0.25, -0.2) is 4.79 Å². The third-order valence-electron chi connectivity index (χ3n) is 4.81. The Hall–Kier alpha value is -3.22. The maximum absolute atomic E-state index is 12.8. The minimum atomic E-state index is -0.561. The summed E-state index contributed by atoms with van der Waals surface area (Å²) in [6.45, 7) is 5.17. The van der Waals surface area contributed by atoms with E-state index >= 15 is 0 Å². The molecule has 1 aliphatic rings. The second-order valence-electron chi connectivity index (χ2n) is 6.92. The van der Waals surface area contributed by atoms with Crippen molar-refractivity contribution in [2.45, 2.75) is 32.9 Å². The van der Waals surface area contributed by atoms with E-state index in [-0.39, 0.29) is 11.9 Å². The maximum Gasteiger partial charge on any atom is 0.319 e. The van der Waals surface area contributed by atoms with Crippen LogP contribution in [0, 0.1) is 0 Å². The molecule has 0 saturated carbocycles. The van der Waals surface area contributed by atoms with Crippen LogP contribution in [0.4, 0.5) is 10.5 Å². The van der Waals surface area contributed by atoms with Crippen molar-refractivity contribution in [2.75, 3.05) is 25.5 Å². The third-order valence-corrected chi connectivity index (χ3v) is 4.81. The maximum atomic E-state index is 12.8. The summed E-state index contributed by atoms with van der Waals surface area (Å²) in [7, 11) is 1.64. The standard InChI is InChI=1S/C22H27N3O4/c1-4-23-22(27)24-18-7-10-20-17(13-18)14-25(21(26)15(2)29-20)12-11-16-5-8-19(28-3)9-6-16/h5-10,13,15H,4,11-12,14H2,1-3H3,(H2,23,24,27). The average molecular weight is 397 g/mol. The number of methoxy groups -OCH3 is 1. The van der Waals surface area contributed by atoms with Gasteiger partial charge in [0.25, 0.3) is 5.91 Å². The number of ether oxygens (including phenoxy) is 2. The largest absolute Gasteiger partial charge is 0.497 e. The summed E-state index contributed by atoms with van der Waals surface area (Å²) in [5, 5.41) is 5.50. The van der Waals surface area contributed by atoms with Crippen molar-refractivity contribution < 1.29 is 19.1 Å². The van der Waals surface area contributed by atoms with Crippen LogP contribution in [-0.4, -0.2) is 43.1 Å². The first kappa shape index (κ1) is 20.5. The lowest BCUT2D eigenvalue weighted by Crippen LogP contribution is -2.39. The topological polar surface area (TPSA) is 79.9 Å². The molecule has 154 valence electrons. The highest BCUT2D eigenvalue weighted by atomic mass is 16.5. The van der Waals surface area contributed by atoms with Gasteiger partial charge in [0.2, 0.25) is 0 Å². The number of urea groups is 1. The smallest absolute Gasteiger partial charge is 0.319 e. The average Bonchev–Trinajstić information content (AvgIpc) is 2.83. The highest BCUT2D eigenvalue weighted by Crippen LogP contribution is 2.29. The van der Waals surface area contributed by atoms with Crippen LogP contribution in [0.25, 0.3) is 0 Å². The SMILES string of the molecule is CCNC(=O)Nc1ccc2c(c1)CN(CCc1ccc(OC)cc1)C(=O)C(C)O2. The van der Waals surface area contributed by atoms with E-state index in [9.17, 15) is 9.59 Å². The predicted molar refractivity (Wildman–Crippen MR) is 111 cm³/mol. The number of anilines is 1. The number of hydrogen-bond donors (Lipinski definition) is 2. The van der Waals surface area contributed by atoms with E-state index in [1.807, 2.05) is 37.3 Å². The molecule has 1 heterocycles. The van der Waals surface area contributed by atoms with Crippen LogP contribution in [0.15, 0.2) is 42.5 Å². The first-order chi connectivity index (χ1) is 14.0. The van der Waals surface area contributed by atoms with Gasteiger partial charge in [-0.2, -0.15) is 0 Å². The van der Waals surface area contributed by atoms with Crippen LogP contribution >= 0.6 is 0 Å². The molecule has 0 aromatic heterocycles. The fraction of sp³-hybridized carbons (Fsp3) is 0.364. The predicted octanol–water partition coefficient (Wildman–Crippen LogP) is 3.19. The zero-order valence-electron chi connectivity index (χ0n) is 17.0. The van der Waals surface area contributed by atoms with E-state index in [1.54, 1.807) is 31.1 Å². The molecule has 0 saturated heterocycles. The molecule has 0 fully saturated rings. The van der Waals surface area contributed by atoms with Crippen LogP contribution in [0.3, 0.4) is 0 Å². The van der Waals surface area contributed by atoms with Crippen molar-refractivity contribution in [1.82, 2.24) is 10.2 Å². The van der Waals surface area contributed by atoms with Crippen LogP contribution < -0.4 is 20.1 Å². The van der Waals surface area contributed by atoms with E-state index in [1.165, 1.54) is 0 Å². The number of carbonyl (C=O) groups is 2. The molecule has 3 amide bonds. The Kier molecular flexibility index (Phi) is 6.59. The van der Waals surface area contributed by atoms with Gasteiger partial charge >= 0.3 is 6.03 Å². The Morgan fingerprint density at radius 2 is 2.00 bits per heavy atom. The third kappa shape index (κ3) is 5.19. The van der Waals surface area contributed by atoms with Crippen molar-refractivity contribution in [1.29, 1.82) is 0 Å². The number of hydrogen-bond acceptors (Lipinski definition) is 4. The molecule has 0 spiro atoms. The quantitative estimate of drug-likeness (QED) is 0.785. The lowest BCUT2D eigenvalue weighted by Gasteiger charge is -2.22. The lowest BCUT2D eigenvalue weighted by molar-refractivity contribution is -0.137. The molecule has 0 bridgehead atoms. The molecule has 2 N–H and O–H groups in total. The Bertz CT molecular complexity index is 867. The van der Waals surface area contributed by atoms with Crippen molar-refractivity contribution in [2.24, 2.45) is 0 Å². The Balaban J connectivity index is 1.73. The molecule has 7 nitrogen and oxygen atoms in total. The lowest BCUT2D eigenvalue weighted by atomic mass is 10.1. The number of benzene rings is 2. The van der Waals surface area contributed by atoms with Crippen LogP contribution in [0.2, 0.25) is 0 Å². The van der Waals surface area contributed by atoms with E-state index in [0.29, 0.717) is 31.1 Å². The summed E-state index contributed by atoms with van der Waals surface area (Å²) in [4.78, 5) is 26.4. The van der Waals surface area contributed by atoms with Gasteiger partial charge in [0.1, 0.15) is 11.5 Å². The fourth-order valence-corrected chi connectivity index (χ4v) is 3.26. The Morgan fingerprint density at radius 3 is 2.69 bits per heavy atom. The zero-order chi connectivity index (χ0) is 20.8. The molecule has 1 aliphatic heterocycles. The van der Waals surface area contributed by atoms with Gasteiger partial charge < -0.3 is 25.0 Å². The molecule has 3 rings (SSSR count). The number of carbonyl (C=O) groups excluding carboxylic acids is 2. The molecular weight excluding hydrogens is 370 g/mol. The van der Waals surface area contributed by atoms with Gasteiger partial charge in [0, 0.05) is 30.9 Å². The molecule has 2 aromatic rings. The normalized spacial score (nSPS) is 15.8. The minimum absolute atomic E-state index is 0.0482. The highest BCUT2D eigenvalue weighted by molar-refractivity contribution is 5.89. The molecule has 29 heavy (non-hydrogen) atoms. The molecule has 1 unspecified atom stereocenters. The summed E-state index contributed by atoms with van der Waals surface area (Å²) in [5.74, 6) is 1.43. The number of nitrogens with zero attached hydrogens (tertiary/aromatic N) is 1. The number of fused-ring (bicyclic) bond motifs is 1.